The Labute approximate surface area is 149 Å². The van der Waals surface area contributed by atoms with Crippen LogP contribution >= 0.6 is 15.9 Å². The van der Waals surface area contributed by atoms with Gasteiger partial charge in [-0.1, -0.05) is 22.0 Å². The van der Waals surface area contributed by atoms with Gasteiger partial charge in [0.25, 0.3) is 0 Å². The van der Waals surface area contributed by atoms with E-state index in [2.05, 4.69) is 31.5 Å². The summed E-state index contributed by atoms with van der Waals surface area (Å²) in [6, 6.07) is 11.1. The molecule has 2 amide bonds. The van der Waals surface area contributed by atoms with Crippen molar-refractivity contribution in [2.75, 3.05) is 5.32 Å². The van der Waals surface area contributed by atoms with Crippen molar-refractivity contribution in [3.8, 4) is 0 Å². The minimum atomic E-state index is -0.949. The number of hydrogen-bond acceptors (Lipinski definition) is 3. The third kappa shape index (κ3) is 3.48. The van der Waals surface area contributed by atoms with Crippen molar-refractivity contribution in [3.63, 3.8) is 0 Å². The number of rotatable bonds is 5. The number of nitrogens with one attached hydrogen (secondary N) is 2. The third-order valence-electron chi connectivity index (χ3n) is 4.19. The quantitative estimate of drug-likeness (QED) is 0.773. The van der Waals surface area contributed by atoms with Crippen molar-refractivity contribution in [2.45, 2.75) is 26.3 Å². The zero-order valence-corrected chi connectivity index (χ0v) is 14.9. The summed E-state index contributed by atoms with van der Waals surface area (Å²) in [5, 5.41) is 5.67. The number of carbonyl (C=O) groups is 2. The number of pyridine rings is 1. The van der Waals surface area contributed by atoms with Crippen LogP contribution in [0, 0.1) is 12.3 Å². The van der Waals surface area contributed by atoms with Crippen molar-refractivity contribution in [3.05, 3.63) is 58.3 Å². The SMILES string of the molecule is Cc1cc(NC(=O)C2(C(=O)NCc3ccccn3)CC2)ccc1Br. The van der Waals surface area contributed by atoms with E-state index in [1.165, 1.54) is 0 Å². The molecule has 24 heavy (non-hydrogen) atoms. The molecule has 5 nitrogen and oxygen atoms in total. The minimum Gasteiger partial charge on any atom is -0.350 e. The number of anilines is 1. The first-order valence-corrected chi connectivity index (χ1v) is 8.56. The van der Waals surface area contributed by atoms with E-state index < -0.39 is 5.41 Å². The Balaban J connectivity index is 1.63. The molecule has 0 bridgehead atoms. The van der Waals surface area contributed by atoms with Gasteiger partial charge in [-0.3, -0.25) is 14.6 Å². The molecule has 1 fully saturated rings. The first kappa shape index (κ1) is 16.6. The molecule has 1 aromatic carbocycles. The fourth-order valence-corrected chi connectivity index (χ4v) is 2.74. The molecule has 1 heterocycles. The smallest absolute Gasteiger partial charge is 0.240 e. The van der Waals surface area contributed by atoms with E-state index in [0.29, 0.717) is 25.1 Å². The van der Waals surface area contributed by atoms with E-state index in [1.54, 1.807) is 6.20 Å². The maximum absolute atomic E-state index is 12.5. The predicted molar refractivity (Wildman–Crippen MR) is 95.3 cm³/mol. The van der Waals surface area contributed by atoms with Crippen LogP contribution in [-0.4, -0.2) is 16.8 Å². The van der Waals surface area contributed by atoms with Gasteiger partial charge in [0.2, 0.25) is 11.8 Å². The third-order valence-corrected chi connectivity index (χ3v) is 5.08. The van der Waals surface area contributed by atoms with Gasteiger partial charge in [0.15, 0.2) is 0 Å². The Kier molecular flexibility index (Phi) is 4.66. The zero-order valence-electron chi connectivity index (χ0n) is 13.3. The van der Waals surface area contributed by atoms with Crippen LogP contribution in [-0.2, 0) is 16.1 Å². The molecule has 0 atom stereocenters. The second-order valence-corrected chi connectivity index (χ2v) is 6.86. The predicted octanol–water partition coefficient (Wildman–Crippen LogP) is 3.19. The van der Waals surface area contributed by atoms with Gasteiger partial charge in [-0.2, -0.15) is 0 Å². The van der Waals surface area contributed by atoms with E-state index in [1.807, 2.05) is 43.3 Å². The van der Waals surface area contributed by atoms with Crippen molar-refractivity contribution in [2.24, 2.45) is 5.41 Å². The summed E-state index contributed by atoms with van der Waals surface area (Å²) >= 11 is 3.43. The Hall–Kier alpha value is -2.21. The second-order valence-electron chi connectivity index (χ2n) is 6.00. The van der Waals surface area contributed by atoms with Gasteiger partial charge in [0.1, 0.15) is 5.41 Å². The highest BCUT2D eigenvalue weighted by atomic mass is 79.9. The summed E-state index contributed by atoms with van der Waals surface area (Å²) in [7, 11) is 0. The number of amides is 2. The molecular weight excluding hydrogens is 370 g/mol. The molecule has 1 aromatic heterocycles. The Morgan fingerprint density at radius 3 is 2.62 bits per heavy atom. The second kappa shape index (κ2) is 6.73. The molecule has 2 N–H and O–H groups in total. The van der Waals surface area contributed by atoms with Crippen LogP contribution in [0.2, 0.25) is 0 Å². The molecule has 0 saturated heterocycles. The lowest BCUT2D eigenvalue weighted by molar-refractivity contribution is -0.134. The van der Waals surface area contributed by atoms with Crippen molar-refractivity contribution in [1.29, 1.82) is 0 Å². The summed E-state index contributed by atoms with van der Waals surface area (Å²) in [4.78, 5) is 29.2. The molecule has 0 spiro atoms. The molecule has 1 saturated carbocycles. The van der Waals surface area contributed by atoms with E-state index in [0.717, 1.165) is 15.7 Å². The molecule has 0 radical (unpaired) electrons. The lowest BCUT2D eigenvalue weighted by atomic mass is 10.0. The van der Waals surface area contributed by atoms with Gasteiger partial charge in [-0.25, -0.2) is 0 Å². The highest BCUT2D eigenvalue weighted by molar-refractivity contribution is 9.10. The summed E-state index contributed by atoms with van der Waals surface area (Å²) in [5.41, 5.74) is 1.54. The monoisotopic (exact) mass is 387 g/mol. The largest absolute Gasteiger partial charge is 0.350 e. The fraction of sp³-hybridized carbons (Fsp3) is 0.278. The number of hydrogen-bond donors (Lipinski definition) is 2. The Bertz CT molecular complexity index is 773. The summed E-state index contributed by atoms with van der Waals surface area (Å²) in [6.45, 7) is 2.28. The average Bonchev–Trinajstić information content (AvgIpc) is 3.39. The van der Waals surface area contributed by atoms with Gasteiger partial charge in [0, 0.05) is 16.4 Å². The molecule has 1 aliphatic rings. The lowest BCUT2D eigenvalue weighted by Crippen LogP contribution is -2.39. The normalized spacial score (nSPS) is 14.8. The van der Waals surface area contributed by atoms with E-state index in [-0.39, 0.29) is 11.8 Å². The molecule has 0 aliphatic heterocycles. The van der Waals surface area contributed by atoms with Crippen molar-refractivity contribution >= 4 is 33.4 Å². The number of carbonyl (C=O) groups excluding carboxylic acids is 2. The lowest BCUT2D eigenvalue weighted by Gasteiger charge is -2.15. The number of aromatic nitrogens is 1. The van der Waals surface area contributed by atoms with Gasteiger partial charge >= 0.3 is 0 Å². The molecule has 6 heteroatoms. The van der Waals surface area contributed by atoms with Gasteiger partial charge in [-0.05, 0) is 55.7 Å². The van der Waals surface area contributed by atoms with Crippen LogP contribution in [0.25, 0.3) is 0 Å². The number of aryl methyl sites for hydroxylation is 1. The van der Waals surface area contributed by atoms with Crippen molar-refractivity contribution in [1.82, 2.24) is 10.3 Å². The van der Waals surface area contributed by atoms with Crippen LogP contribution in [0.15, 0.2) is 47.1 Å². The molecule has 1 aliphatic carbocycles. The van der Waals surface area contributed by atoms with Gasteiger partial charge < -0.3 is 10.6 Å². The van der Waals surface area contributed by atoms with Crippen LogP contribution in [0.1, 0.15) is 24.1 Å². The maximum atomic E-state index is 12.5. The van der Waals surface area contributed by atoms with Gasteiger partial charge in [-0.15, -0.1) is 0 Å². The number of nitrogens with zero attached hydrogens (tertiary/aromatic N) is 1. The molecule has 124 valence electrons. The molecule has 3 rings (SSSR count). The van der Waals surface area contributed by atoms with E-state index in [4.69, 9.17) is 0 Å². The highest BCUT2D eigenvalue weighted by Gasteiger charge is 2.56. The van der Waals surface area contributed by atoms with Crippen LogP contribution < -0.4 is 10.6 Å². The zero-order chi connectivity index (χ0) is 17.2. The summed E-state index contributed by atoms with van der Waals surface area (Å²) in [5.74, 6) is -0.484. The first-order chi connectivity index (χ1) is 11.5. The van der Waals surface area contributed by atoms with Crippen molar-refractivity contribution < 1.29 is 9.59 Å². The molecular formula is C18H18BrN3O2. The summed E-state index contributed by atoms with van der Waals surface area (Å²) < 4.78 is 0.981. The van der Waals surface area contributed by atoms with Crippen LogP contribution in [0.3, 0.4) is 0 Å². The van der Waals surface area contributed by atoms with Crippen LogP contribution in [0.4, 0.5) is 5.69 Å². The minimum absolute atomic E-state index is 0.237. The Morgan fingerprint density at radius 2 is 2.00 bits per heavy atom. The number of halogens is 1. The van der Waals surface area contributed by atoms with Gasteiger partial charge in [0.05, 0.1) is 12.2 Å². The number of benzene rings is 1. The molecule has 0 unspecified atom stereocenters. The average molecular weight is 388 g/mol. The topological polar surface area (TPSA) is 71.1 Å². The van der Waals surface area contributed by atoms with E-state index in [9.17, 15) is 9.59 Å². The van der Waals surface area contributed by atoms with E-state index >= 15 is 0 Å². The highest BCUT2D eigenvalue weighted by Crippen LogP contribution is 2.47. The van der Waals surface area contributed by atoms with Crippen LogP contribution in [0.5, 0.6) is 0 Å². The fourth-order valence-electron chi connectivity index (χ4n) is 2.50. The standard InChI is InChI=1S/C18H18BrN3O2/c1-12-10-13(5-6-15(12)19)22-17(24)18(7-8-18)16(23)21-11-14-4-2-3-9-20-14/h2-6,9-10H,7-8,11H2,1H3,(H,21,23)(H,22,24). The Morgan fingerprint density at radius 1 is 1.21 bits per heavy atom. The maximum Gasteiger partial charge on any atom is 0.240 e. The first-order valence-electron chi connectivity index (χ1n) is 7.77. The summed E-state index contributed by atoms with van der Waals surface area (Å²) in [6.07, 6.45) is 2.82. The molecule has 2 aromatic rings.